The maximum atomic E-state index is 11.7. The van der Waals surface area contributed by atoms with Gasteiger partial charge < -0.3 is 24.9 Å². The zero-order valence-corrected chi connectivity index (χ0v) is 20.7. The molecule has 0 aliphatic rings. The van der Waals surface area contributed by atoms with Crippen LogP contribution in [-0.4, -0.2) is 37.4 Å². The summed E-state index contributed by atoms with van der Waals surface area (Å²) in [6.07, 6.45) is 19.6. The number of hydrogen-bond acceptors (Lipinski definition) is 3. The van der Waals surface area contributed by atoms with Crippen LogP contribution in [0.15, 0.2) is 12.2 Å². The molecule has 0 aromatic heterocycles. The lowest BCUT2D eigenvalue weighted by Gasteiger charge is -2.19. The summed E-state index contributed by atoms with van der Waals surface area (Å²) in [5, 5.41) is 0.403. The van der Waals surface area contributed by atoms with Gasteiger partial charge in [0.25, 0.3) is 0 Å². The van der Waals surface area contributed by atoms with Crippen molar-refractivity contribution in [3.63, 3.8) is 0 Å². The molecule has 184 valence electrons. The highest BCUT2D eigenvalue weighted by molar-refractivity contribution is 7.70. The Bertz CT molecular complexity index is 564. The average Bonchev–Trinajstić information content (AvgIpc) is 2.66. The second-order valence-electron chi connectivity index (χ2n) is 8.13. The van der Waals surface area contributed by atoms with E-state index in [-0.39, 0.29) is 12.5 Å². The van der Waals surface area contributed by atoms with Gasteiger partial charge in [-0.15, -0.1) is 0 Å². The monoisotopic (exact) mass is 483 g/mol. The van der Waals surface area contributed by atoms with Gasteiger partial charge in [0.15, 0.2) is 5.40 Å². The van der Waals surface area contributed by atoms with Gasteiger partial charge in [0.1, 0.15) is 0 Å². The van der Waals surface area contributed by atoms with Crippen molar-refractivity contribution in [2.75, 3.05) is 6.54 Å². The minimum atomic E-state index is -4.93. The summed E-state index contributed by atoms with van der Waals surface area (Å²) >= 11 is 0. The van der Waals surface area contributed by atoms with E-state index < -0.39 is 27.0 Å². The Morgan fingerprint density at radius 1 is 0.774 bits per heavy atom. The second-order valence-corrected chi connectivity index (χ2v) is 12.1. The molecule has 0 saturated carbocycles. The van der Waals surface area contributed by atoms with E-state index >= 15 is 0 Å². The third-order valence-corrected chi connectivity index (χ3v) is 9.04. The first-order chi connectivity index (χ1) is 14.6. The molecule has 0 aromatic rings. The summed E-state index contributed by atoms with van der Waals surface area (Å²) in [6.45, 7) is 2.06. The van der Waals surface area contributed by atoms with Gasteiger partial charge >= 0.3 is 15.2 Å². The van der Waals surface area contributed by atoms with Crippen LogP contribution >= 0.6 is 15.2 Å². The number of allylic oxidation sites excluding steroid dienone is 2. The van der Waals surface area contributed by atoms with Crippen molar-refractivity contribution in [3.8, 4) is 0 Å². The summed E-state index contributed by atoms with van der Waals surface area (Å²) in [5.41, 5.74) is 0. The maximum absolute atomic E-state index is 11.7. The largest absolute Gasteiger partial charge is 0.356 e. The molecule has 0 unspecified atom stereocenters. The SMILES string of the molecule is CCCCCCCCC=CCCCCCCCC(=O)NCCC(P(=O)(O)O)P(=O)(O)O. The van der Waals surface area contributed by atoms with Gasteiger partial charge in [-0.2, -0.15) is 0 Å². The molecule has 8 nitrogen and oxygen atoms in total. The number of unbranched alkanes of at least 4 members (excludes halogenated alkanes) is 11. The lowest BCUT2D eigenvalue weighted by Crippen LogP contribution is -2.27. The minimum Gasteiger partial charge on any atom is -0.356 e. The molecular weight excluding hydrogens is 440 g/mol. The van der Waals surface area contributed by atoms with E-state index in [0.29, 0.717) is 6.42 Å². The summed E-state index contributed by atoms with van der Waals surface area (Å²) in [4.78, 5) is 47.9. The van der Waals surface area contributed by atoms with E-state index in [9.17, 15) is 13.9 Å². The Morgan fingerprint density at radius 2 is 1.23 bits per heavy atom. The molecule has 0 bridgehead atoms. The summed E-state index contributed by atoms with van der Waals surface area (Å²) in [5.74, 6) is -0.271. The average molecular weight is 484 g/mol. The molecule has 0 rings (SSSR count). The van der Waals surface area contributed by atoms with Crippen LogP contribution in [0, 0.1) is 0 Å². The van der Waals surface area contributed by atoms with E-state index in [1.807, 2.05) is 0 Å². The number of amides is 1. The molecule has 1 amide bonds. The zero-order chi connectivity index (χ0) is 23.6. The van der Waals surface area contributed by atoms with Crippen LogP contribution in [0.5, 0.6) is 0 Å². The summed E-state index contributed by atoms with van der Waals surface area (Å²) in [6, 6.07) is 0. The molecule has 0 fully saturated rings. The number of nitrogens with one attached hydrogen (secondary N) is 1. The van der Waals surface area contributed by atoms with E-state index in [0.717, 1.165) is 38.5 Å². The van der Waals surface area contributed by atoms with Crippen LogP contribution < -0.4 is 5.32 Å². The van der Waals surface area contributed by atoms with Crippen molar-refractivity contribution >= 4 is 21.1 Å². The number of carbonyl (C=O) groups is 1. The molecule has 31 heavy (non-hydrogen) atoms. The highest BCUT2D eigenvalue weighted by atomic mass is 31.2. The molecule has 0 spiro atoms. The van der Waals surface area contributed by atoms with Crippen LogP contribution in [-0.2, 0) is 13.9 Å². The van der Waals surface area contributed by atoms with Crippen molar-refractivity contribution in [2.45, 2.75) is 109 Å². The fraction of sp³-hybridized carbons (Fsp3) is 0.857. The lowest BCUT2D eigenvalue weighted by molar-refractivity contribution is -0.121. The lowest BCUT2D eigenvalue weighted by atomic mass is 10.1. The van der Waals surface area contributed by atoms with Crippen LogP contribution in [0.1, 0.15) is 103 Å². The molecule has 0 aliphatic carbocycles. The molecular formula is C21H43NO7P2. The molecule has 10 heteroatoms. The molecule has 0 aromatic carbocycles. The fourth-order valence-corrected chi connectivity index (χ4v) is 5.82. The standard InChI is InChI=1S/C21H43NO7P2/c1-2-3-4-5-6-7-8-9-10-11-12-13-14-15-16-17-20(23)22-19-18-21(30(24,25)26)31(27,28)29/h9-10,21H,2-8,11-19H2,1H3,(H,22,23)(H2,24,25,26)(H2,27,28,29). The molecule has 0 aliphatic heterocycles. The summed E-state index contributed by atoms with van der Waals surface area (Å²) < 4.78 is 22.3. The Hall–Kier alpha value is -0.490. The topological polar surface area (TPSA) is 144 Å². The molecule has 0 radical (unpaired) electrons. The Morgan fingerprint density at radius 3 is 1.71 bits per heavy atom. The smallest absolute Gasteiger partial charge is 0.340 e. The maximum Gasteiger partial charge on any atom is 0.340 e. The van der Waals surface area contributed by atoms with E-state index in [4.69, 9.17) is 19.6 Å². The first kappa shape index (κ1) is 30.5. The van der Waals surface area contributed by atoms with Crippen molar-refractivity contribution in [1.29, 1.82) is 0 Å². The zero-order valence-electron chi connectivity index (χ0n) is 19.0. The molecule has 0 heterocycles. The van der Waals surface area contributed by atoms with Crippen molar-refractivity contribution in [3.05, 3.63) is 12.2 Å². The number of carbonyl (C=O) groups excluding carboxylic acids is 1. The van der Waals surface area contributed by atoms with Gasteiger partial charge in [-0.05, 0) is 38.5 Å². The van der Waals surface area contributed by atoms with Crippen LogP contribution in [0.4, 0.5) is 0 Å². The van der Waals surface area contributed by atoms with Gasteiger partial charge in [-0.3, -0.25) is 13.9 Å². The Labute approximate surface area is 187 Å². The minimum absolute atomic E-state index is 0.176. The third kappa shape index (κ3) is 18.8. The van der Waals surface area contributed by atoms with E-state index in [1.165, 1.54) is 44.9 Å². The highest BCUT2D eigenvalue weighted by Gasteiger charge is 2.42. The van der Waals surface area contributed by atoms with Gasteiger partial charge in [-0.1, -0.05) is 70.4 Å². The van der Waals surface area contributed by atoms with Crippen LogP contribution in [0.2, 0.25) is 0 Å². The fourth-order valence-electron chi connectivity index (χ4n) is 3.32. The quantitative estimate of drug-likeness (QED) is 0.0908. The molecule has 0 saturated heterocycles. The highest BCUT2D eigenvalue weighted by Crippen LogP contribution is 2.61. The Kier molecular flexibility index (Phi) is 17.7. The van der Waals surface area contributed by atoms with E-state index in [1.54, 1.807) is 0 Å². The predicted octanol–water partition coefficient (Wildman–Crippen LogP) is 5.21. The van der Waals surface area contributed by atoms with Crippen molar-refractivity contribution in [2.24, 2.45) is 0 Å². The first-order valence-electron chi connectivity index (χ1n) is 11.6. The van der Waals surface area contributed by atoms with E-state index in [2.05, 4.69) is 24.4 Å². The van der Waals surface area contributed by atoms with Gasteiger partial charge in [0.2, 0.25) is 5.91 Å². The van der Waals surface area contributed by atoms with Gasteiger partial charge in [0, 0.05) is 13.0 Å². The van der Waals surface area contributed by atoms with Crippen LogP contribution in [0.25, 0.3) is 0 Å². The Balaban J connectivity index is 3.61. The number of hydrogen-bond donors (Lipinski definition) is 5. The van der Waals surface area contributed by atoms with Gasteiger partial charge in [0.05, 0.1) is 0 Å². The normalized spacial score (nSPS) is 12.7. The summed E-state index contributed by atoms with van der Waals surface area (Å²) in [7, 11) is -9.86. The predicted molar refractivity (Wildman–Crippen MR) is 125 cm³/mol. The van der Waals surface area contributed by atoms with Crippen LogP contribution in [0.3, 0.4) is 0 Å². The molecule has 5 N–H and O–H groups in total. The third-order valence-electron chi connectivity index (χ3n) is 5.17. The van der Waals surface area contributed by atoms with Crippen molar-refractivity contribution in [1.82, 2.24) is 5.32 Å². The number of rotatable bonds is 20. The second kappa shape index (κ2) is 18.0. The molecule has 0 atom stereocenters. The van der Waals surface area contributed by atoms with Crippen molar-refractivity contribution < 1.29 is 33.5 Å². The first-order valence-corrected chi connectivity index (χ1v) is 15.0. The van der Waals surface area contributed by atoms with Gasteiger partial charge in [-0.25, -0.2) is 0 Å².